The summed E-state index contributed by atoms with van der Waals surface area (Å²) < 4.78 is 11.5. The Morgan fingerprint density at radius 3 is 2.10 bits per heavy atom. The molecule has 0 heterocycles. The average molecular weight is 482 g/mol. The molecule has 0 aromatic carbocycles. The summed E-state index contributed by atoms with van der Waals surface area (Å²) in [6, 6.07) is 0. The summed E-state index contributed by atoms with van der Waals surface area (Å²) in [6.07, 6.45) is 1.03. The molecule has 2 unspecified atom stereocenters. The highest BCUT2D eigenvalue weighted by Crippen LogP contribution is 2.28. The predicted octanol–water partition coefficient (Wildman–Crippen LogP) is 4.40. The van der Waals surface area contributed by atoms with E-state index in [9.17, 15) is 9.59 Å². The third kappa shape index (κ3) is 12.4. The zero-order chi connectivity index (χ0) is 23.1. The number of hydrogen-bond donors (Lipinski definition) is 1. The Labute approximate surface area is 195 Å². The summed E-state index contributed by atoms with van der Waals surface area (Å²) >= 11 is 5.39. The summed E-state index contributed by atoms with van der Waals surface area (Å²) in [6.45, 7) is 14.0. The molecule has 0 saturated heterocycles. The highest BCUT2D eigenvalue weighted by atomic mass is 33.1. The van der Waals surface area contributed by atoms with E-state index in [1.54, 1.807) is 10.8 Å². The maximum Gasteiger partial charge on any atom is 0.309 e. The lowest BCUT2D eigenvalue weighted by Gasteiger charge is -2.25. The van der Waals surface area contributed by atoms with Gasteiger partial charge in [-0.3, -0.25) is 9.59 Å². The van der Waals surface area contributed by atoms with E-state index in [0.717, 1.165) is 17.4 Å². The first-order valence-corrected chi connectivity index (χ1v) is 13.4. The molecule has 0 spiro atoms. The van der Waals surface area contributed by atoms with Crippen molar-refractivity contribution in [1.29, 1.82) is 0 Å². The van der Waals surface area contributed by atoms with Gasteiger partial charge in [-0.25, -0.2) is 0 Å². The fourth-order valence-corrected chi connectivity index (χ4v) is 5.44. The Morgan fingerprint density at radius 2 is 1.60 bits per heavy atom. The summed E-state index contributed by atoms with van der Waals surface area (Å²) in [7, 11) is 3.11. The minimum atomic E-state index is -0.382. The molecule has 6 nitrogen and oxygen atoms in total. The van der Waals surface area contributed by atoms with Crippen LogP contribution in [0.2, 0.25) is 0 Å². The number of esters is 2. The number of aliphatic hydroxyl groups is 1. The molecule has 30 heavy (non-hydrogen) atoms. The number of aliphatic hydroxyl groups excluding tert-OH is 1. The van der Waals surface area contributed by atoms with E-state index in [2.05, 4.69) is 18.7 Å². The van der Waals surface area contributed by atoms with Crippen LogP contribution in [-0.4, -0.2) is 64.9 Å². The third-order valence-corrected chi connectivity index (χ3v) is 7.64. The summed E-state index contributed by atoms with van der Waals surface area (Å²) in [5.41, 5.74) is 0. The molecule has 0 fully saturated rings. The smallest absolute Gasteiger partial charge is 0.309 e. The van der Waals surface area contributed by atoms with Crippen molar-refractivity contribution < 1.29 is 24.2 Å². The minimum absolute atomic E-state index is 0.0194. The Hall–Kier alpha value is -0.510. The van der Waals surface area contributed by atoms with E-state index < -0.39 is 0 Å². The van der Waals surface area contributed by atoms with Crippen LogP contribution in [0, 0.1) is 23.7 Å². The summed E-state index contributed by atoms with van der Waals surface area (Å²) in [5.74, 6) is -0.383. The summed E-state index contributed by atoms with van der Waals surface area (Å²) in [4.78, 5) is 27.2. The van der Waals surface area contributed by atoms with Crippen molar-refractivity contribution >= 4 is 50.1 Å². The van der Waals surface area contributed by atoms with Crippen LogP contribution in [-0.2, 0) is 19.1 Å². The first-order chi connectivity index (χ1) is 14.2. The maximum absolute atomic E-state index is 12.7. The maximum atomic E-state index is 12.7. The van der Waals surface area contributed by atoms with Gasteiger partial charge in [0.25, 0.3) is 0 Å². The molecule has 0 aliphatic carbocycles. The van der Waals surface area contributed by atoms with Crippen molar-refractivity contribution in [2.24, 2.45) is 23.7 Å². The minimum Gasteiger partial charge on any atom is -0.465 e. The van der Waals surface area contributed by atoms with Gasteiger partial charge in [-0.2, -0.15) is 0 Å². The average Bonchev–Trinajstić information content (AvgIpc) is 2.69. The highest BCUT2D eigenvalue weighted by Gasteiger charge is 2.31. The molecule has 0 saturated carbocycles. The van der Waals surface area contributed by atoms with Gasteiger partial charge in [0.05, 0.1) is 18.4 Å². The molecule has 176 valence electrons. The Bertz CT molecular complexity index is 513. The predicted molar refractivity (Wildman–Crippen MR) is 130 cm³/mol. The Balaban J connectivity index is 4.66. The highest BCUT2D eigenvalue weighted by molar-refractivity contribution is 8.83. The topological polar surface area (TPSA) is 76.1 Å². The van der Waals surface area contributed by atoms with Gasteiger partial charge in [0.2, 0.25) is 0 Å². The summed E-state index contributed by atoms with van der Waals surface area (Å²) in [5, 5.41) is 8.91. The van der Waals surface area contributed by atoms with E-state index >= 15 is 0 Å². The molecule has 0 aromatic heterocycles. The van der Waals surface area contributed by atoms with Crippen LogP contribution in [0.25, 0.3) is 0 Å². The van der Waals surface area contributed by atoms with Gasteiger partial charge in [0.1, 0.15) is 17.5 Å². The van der Waals surface area contributed by atoms with Crippen LogP contribution in [0.15, 0.2) is 0 Å². The second-order valence-corrected chi connectivity index (χ2v) is 10.9. The molecule has 2 atom stereocenters. The molecule has 0 amide bonds. The molecular formula is C21H39NO5S3. The van der Waals surface area contributed by atoms with Gasteiger partial charge in [0.15, 0.2) is 0 Å². The van der Waals surface area contributed by atoms with Crippen molar-refractivity contribution in [1.82, 2.24) is 4.90 Å². The van der Waals surface area contributed by atoms with Crippen molar-refractivity contribution in [2.75, 3.05) is 38.7 Å². The number of hydrogen-bond acceptors (Lipinski definition) is 8. The van der Waals surface area contributed by atoms with E-state index in [4.69, 9.17) is 26.8 Å². The van der Waals surface area contributed by atoms with Crippen LogP contribution in [0.4, 0.5) is 0 Å². The van der Waals surface area contributed by atoms with Crippen molar-refractivity contribution in [3.8, 4) is 0 Å². The Kier molecular flexibility index (Phi) is 16.8. The van der Waals surface area contributed by atoms with Crippen molar-refractivity contribution in [3.63, 3.8) is 0 Å². The zero-order valence-corrected chi connectivity index (χ0v) is 21.7. The number of ether oxygens (including phenoxy) is 2. The van der Waals surface area contributed by atoms with Crippen LogP contribution < -0.4 is 0 Å². The molecular weight excluding hydrogens is 442 g/mol. The van der Waals surface area contributed by atoms with E-state index in [1.165, 1.54) is 10.8 Å². The second-order valence-electron chi connectivity index (χ2n) is 7.81. The number of carbonyl (C=O) groups excluding carboxylic acids is 2. The third-order valence-electron chi connectivity index (χ3n) is 4.63. The number of carbonyl (C=O) groups is 2. The fourth-order valence-electron chi connectivity index (χ4n) is 2.98. The van der Waals surface area contributed by atoms with E-state index in [0.29, 0.717) is 31.1 Å². The normalized spacial score (nSPS) is 13.2. The molecule has 0 bridgehead atoms. The van der Waals surface area contributed by atoms with E-state index in [1.807, 2.05) is 27.7 Å². The molecule has 0 aromatic rings. The largest absolute Gasteiger partial charge is 0.465 e. The molecule has 1 N–H and O–H groups in total. The Morgan fingerprint density at radius 1 is 1.00 bits per heavy atom. The van der Waals surface area contributed by atoms with Gasteiger partial charge in [-0.05, 0) is 49.3 Å². The quantitative estimate of drug-likeness (QED) is 0.158. The van der Waals surface area contributed by atoms with Crippen molar-refractivity contribution in [3.05, 3.63) is 0 Å². The SMILES string of the molecule is CCN(CC)C(=S)SSCCOC(=O)C(CC(CC(C)C)C(=O)OCCO)C(C)C. The van der Waals surface area contributed by atoms with Gasteiger partial charge in [-0.1, -0.05) is 50.7 Å². The molecule has 0 radical (unpaired) electrons. The lowest BCUT2D eigenvalue weighted by atomic mass is 9.83. The van der Waals surface area contributed by atoms with Gasteiger partial charge >= 0.3 is 11.9 Å². The number of nitrogens with zero attached hydrogens (tertiary/aromatic N) is 1. The second kappa shape index (κ2) is 17.1. The molecule has 0 aliphatic rings. The molecule has 0 rings (SSSR count). The first-order valence-electron chi connectivity index (χ1n) is 10.7. The van der Waals surface area contributed by atoms with Crippen molar-refractivity contribution in [2.45, 2.75) is 54.4 Å². The van der Waals surface area contributed by atoms with Gasteiger partial charge in [-0.15, -0.1) is 0 Å². The lowest BCUT2D eigenvalue weighted by Crippen LogP contribution is -2.30. The van der Waals surface area contributed by atoms with Gasteiger partial charge < -0.3 is 19.5 Å². The standard InChI is InChI=1S/C21H39NO5S3/c1-7-22(8-2)21(28)30-29-12-11-27-20(25)18(16(5)6)14-17(13-15(3)4)19(24)26-10-9-23/h15-18,23H,7-14H2,1-6H3. The zero-order valence-electron chi connectivity index (χ0n) is 19.2. The number of rotatable bonds is 15. The van der Waals surface area contributed by atoms with Crippen LogP contribution >= 0.6 is 33.8 Å². The monoisotopic (exact) mass is 481 g/mol. The van der Waals surface area contributed by atoms with E-state index in [-0.39, 0.29) is 42.9 Å². The van der Waals surface area contributed by atoms with Crippen LogP contribution in [0.1, 0.15) is 54.4 Å². The lowest BCUT2D eigenvalue weighted by molar-refractivity contribution is -0.154. The fraction of sp³-hybridized carbons (Fsp3) is 0.857. The van der Waals surface area contributed by atoms with Gasteiger partial charge in [0, 0.05) is 18.8 Å². The molecule has 0 aliphatic heterocycles. The first kappa shape index (κ1) is 29.5. The molecule has 9 heteroatoms. The number of thiocarbonyl (C=S) groups is 1. The van der Waals surface area contributed by atoms with Crippen LogP contribution in [0.3, 0.4) is 0 Å². The van der Waals surface area contributed by atoms with Crippen LogP contribution in [0.5, 0.6) is 0 Å².